The van der Waals surface area contributed by atoms with E-state index in [4.69, 9.17) is 0 Å². The first-order valence-electron chi connectivity index (χ1n) is 6.45. The summed E-state index contributed by atoms with van der Waals surface area (Å²) in [7, 11) is 0. The van der Waals surface area contributed by atoms with Crippen molar-refractivity contribution in [1.29, 1.82) is 0 Å². The van der Waals surface area contributed by atoms with Crippen LogP contribution in [0.15, 0.2) is 0 Å². The quantitative estimate of drug-likeness (QED) is 0.665. The van der Waals surface area contributed by atoms with Crippen LogP contribution in [0.4, 0.5) is 0 Å². The molecule has 0 aliphatic heterocycles. The summed E-state index contributed by atoms with van der Waals surface area (Å²) in [6, 6.07) is 0. The first kappa shape index (κ1) is 13.0. The summed E-state index contributed by atoms with van der Waals surface area (Å²) in [6.45, 7) is 7.84. The third-order valence-corrected chi connectivity index (χ3v) is 3.93. The molecule has 1 saturated carbocycles. The second kappa shape index (κ2) is 5.86. The van der Waals surface area contributed by atoms with E-state index in [9.17, 15) is 5.11 Å². The predicted molar refractivity (Wildman–Crippen MR) is 64.9 cm³/mol. The fourth-order valence-electron chi connectivity index (χ4n) is 2.15. The van der Waals surface area contributed by atoms with Gasteiger partial charge in [-0.3, -0.25) is 0 Å². The van der Waals surface area contributed by atoms with E-state index in [1.165, 1.54) is 32.1 Å². The van der Waals surface area contributed by atoms with E-state index in [2.05, 4.69) is 19.2 Å². The second-order valence-corrected chi connectivity index (χ2v) is 5.63. The van der Waals surface area contributed by atoms with Crippen LogP contribution in [0.2, 0.25) is 0 Å². The van der Waals surface area contributed by atoms with E-state index < -0.39 is 5.60 Å². The van der Waals surface area contributed by atoms with E-state index in [1.54, 1.807) is 0 Å². The van der Waals surface area contributed by atoms with Crippen LogP contribution in [0.5, 0.6) is 0 Å². The third kappa shape index (κ3) is 4.52. The Bertz CT molecular complexity index is 171. The van der Waals surface area contributed by atoms with Crippen LogP contribution in [0.25, 0.3) is 0 Å². The van der Waals surface area contributed by atoms with Gasteiger partial charge in [-0.15, -0.1) is 0 Å². The van der Waals surface area contributed by atoms with Crippen LogP contribution < -0.4 is 5.32 Å². The highest BCUT2D eigenvalue weighted by Gasteiger charge is 2.24. The van der Waals surface area contributed by atoms with Crippen molar-refractivity contribution in [3.8, 4) is 0 Å². The molecule has 1 unspecified atom stereocenters. The molecule has 1 aliphatic carbocycles. The molecule has 0 bridgehead atoms. The lowest BCUT2D eigenvalue weighted by Gasteiger charge is -2.28. The Labute approximate surface area is 94.5 Å². The molecule has 0 radical (unpaired) electrons. The molecule has 1 fully saturated rings. The molecular formula is C13H27NO. The van der Waals surface area contributed by atoms with Gasteiger partial charge in [0.05, 0.1) is 5.60 Å². The van der Waals surface area contributed by atoms with Crippen molar-refractivity contribution in [3.05, 3.63) is 0 Å². The van der Waals surface area contributed by atoms with E-state index in [0.29, 0.717) is 5.92 Å². The second-order valence-electron chi connectivity index (χ2n) is 5.63. The van der Waals surface area contributed by atoms with Gasteiger partial charge in [-0.1, -0.05) is 39.5 Å². The highest BCUT2D eigenvalue weighted by molar-refractivity contribution is 4.79. The molecule has 2 heteroatoms. The molecule has 15 heavy (non-hydrogen) atoms. The zero-order chi connectivity index (χ0) is 11.3. The van der Waals surface area contributed by atoms with Gasteiger partial charge in [-0.2, -0.15) is 0 Å². The van der Waals surface area contributed by atoms with Crippen molar-refractivity contribution < 1.29 is 5.11 Å². The molecule has 0 amide bonds. The van der Waals surface area contributed by atoms with E-state index in [1.807, 2.05) is 6.92 Å². The topological polar surface area (TPSA) is 32.3 Å². The summed E-state index contributed by atoms with van der Waals surface area (Å²) >= 11 is 0. The van der Waals surface area contributed by atoms with Gasteiger partial charge >= 0.3 is 0 Å². The SMILES string of the molecule is CC(C)C(C)(O)CNCCC1CCCC1. The molecule has 90 valence electrons. The van der Waals surface area contributed by atoms with Crippen molar-refractivity contribution in [2.45, 2.75) is 58.5 Å². The Morgan fingerprint density at radius 3 is 2.47 bits per heavy atom. The lowest BCUT2D eigenvalue weighted by Crippen LogP contribution is -2.42. The van der Waals surface area contributed by atoms with Crippen molar-refractivity contribution in [2.75, 3.05) is 13.1 Å². The van der Waals surface area contributed by atoms with E-state index >= 15 is 0 Å². The standard InChI is InChI=1S/C13H27NO/c1-11(2)13(3,15)10-14-9-8-12-6-4-5-7-12/h11-12,14-15H,4-10H2,1-3H3. The number of rotatable bonds is 6. The monoisotopic (exact) mass is 213 g/mol. The number of nitrogens with one attached hydrogen (secondary N) is 1. The highest BCUT2D eigenvalue weighted by atomic mass is 16.3. The summed E-state index contributed by atoms with van der Waals surface area (Å²) in [6.07, 6.45) is 6.97. The normalized spacial score (nSPS) is 22.2. The highest BCUT2D eigenvalue weighted by Crippen LogP contribution is 2.26. The molecule has 2 nitrogen and oxygen atoms in total. The maximum absolute atomic E-state index is 10.0. The minimum Gasteiger partial charge on any atom is -0.389 e. The summed E-state index contributed by atoms with van der Waals surface area (Å²) in [5.74, 6) is 1.26. The van der Waals surface area contributed by atoms with Gasteiger partial charge < -0.3 is 10.4 Å². The van der Waals surface area contributed by atoms with Crippen LogP contribution in [0.1, 0.15) is 52.9 Å². The molecule has 0 aromatic carbocycles. The van der Waals surface area contributed by atoms with Crippen molar-refractivity contribution in [2.24, 2.45) is 11.8 Å². The largest absolute Gasteiger partial charge is 0.389 e. The molecule has 0 saturated heterocycles. The zero-order valence-electron chi connectivity index (χ0n) is 10.6. The lowest BCUT2D eigenvalue weighted by molar-refractivity contribution is 0.0142. The third-order valence-electron chi connectivity index (χ3n) is 3.93. The van der Waals surface area contributed by atoms with Gasteiger partial charge in [-0.05, 0) is 31.7 Å². The summed E-state index contributed by atoms with van der Waals surface area (Å²) in [4.78, 5) is 0. The van der Waals surface area contributed by atoms with Gasteiger partial charge in [-0.25, -0.2) is 0 Å². The fraction of sp³-hybridized carbons (Fsp3) is 1.00. The Morgan fingerprint density at radius 2 is 1.93 bits per heavy atom. The van der Waals surface area contributed by atoms with Crippen LogP contribution in [-0.2, 0) is 0 Å². The minimum atomic E-state index is -0.560. The number of hydrogen-bond donors (Lipinski definition) is 2. The van der Waals surface area contributed by atoms with E-state index in [0.717, 1.165) is 19.0 Å². The molecule has 0 aromatic heterocycles. The molecule has 0 heterocycles. The van der Waals surface area contributed by atoms with Gasteiger partial charge in [0.25, 0.3) is 0 Å². The number of aliphatic hydroxyl groups is 1. The van der Waals surface area contributed by atoms with Crippen LogP contribution in [0.3, 0.4) is 0 Å². The van der Waals surface area contributed by atoms with Crippen LogP contribution in [-0.4, -0.2) is 23.8 Å². The lowest BCUT2D eigenvalue weighted by atomic mass is 9.92. The first-order chi connectivity index (χ1) is 7.02. The van der Waals surface area contributed by atoms with Gasteiger partial charge in [0, 0.05) is 6.54 Å². The van der Waals surface area contributed by atoms with E-state index in [-0.39, 0.29) is 0 Å². The molecule has 0 spiro atoms. The Hall–Kier alpha value is -0.0800. The van der Waals surface area contributed by atoms with Crippen LogP contribution >= 0.6 is 0 Å². The van der Waals surface area contributed by atoms with Gasteiger partial charge in [0.15, 0.2) is 0 Å². The Morgan fingerprint density at radius 1 is 1.33 bits per heavy atom. The zero-order valence-corrected chi connectivity index (χ0v) is 10.6. The predicted octanol–water partition coefficient (Wildman–Crippen LogP) is 2.56. The van der Waals surface area contributed by atoms with Crippen molar-refractivity contribution >= 4 is 0 Å². The smallest absolute Gasteiger partial charge is 0.0766 e. The minimum absolute atomic E-state index is 0.316. The van der Waals surface area contributed by atoms with Crippen molar-refractivity contribution in [3.63, 3.8) is 0 Å². The summed E-state index contributed by atoms with van der Waals surface area (Å²) < 4.78 is 0. The maximum Gasteiger partial charge on any atom is 0.0766 e. The molecule has 1 atom stereocenters. The maximum atomic E-state index is 10.0. The van der Waals surface area contributed by atoms with Gasteiger partial charge in [0.2, 0.25) is 0 Å². The average molecular weight is 213 g/mol. The Balaban J connectivity index is 2.05. The van der Waals surface area contributed by atoms with Gasteiger partial charge in [0.1, 0.15) is 0 Å². The molecule has 2 N–H and O–H groups in total. The number of hydrogen-bond acceptors (Lipinski definition) is 2. The van der Waals surface area contributed by atoms with Crippen LogP contribution in [0, 0.1) is 11.8 Å². The Kier molecular flexibility index (Phi) is 5.07. The molecule has 0 aromatic rings. The van der Waals surface area contributed by atoms with Crippen molar-refractivity contribution in [1.82, 2.24) is 5.32 Å². The summed E-state index contributed by atoms with van der Waals surface area (Å²) in [5, 5.41) is 13.4. The molecular weight excluding hydrogens is 186 g/mol. The fourth-order valence-corrected chi connectivity index (χ4v) is 2.15. The average Bonchev–Trinajstić information content (AvgIpc) is 2.64. The first-order valence-corrected chi connectivity index (χ1v) is 6.45. The summed E-state index contributed by atoms with van der Waals surface area (Å²) in [5.41, 5.74) is -0.560. The molecule has 1 aliphatic rings. The molecule has 1 rings (SSSR count).